The largest absolute Gasteiger partial charge is 0.489 e. The highest BCUT2D eigenvalue weighted by atomic mass is 32.2. The van der Waals surface area contributed by atoms with Crippen LogP contribution in [0.1, 0.15) is 21.6 Å². The number of carboxylic acids is 1. The lowest BCUT2D eigenvalue weighted by atomic mass is 10.1. The lowest BCUT2D eigenvalue weighted by molar-refractivity contribution is 0.0680. The van der Waals surface area contributed by atoms with Crippen molar-refractivity contribution in [2.75, 3.05) is 0 Å². The topological polar surface area (TPSA) is 111 Å². The van der Waals surface area contributed by atoms with Gasteiger partial charge in [-0.15, -0.1) is 0 Å². The summed E-state index contributed by atoms with van der Waals surface area (Å²) in [6.45, 7) is 0.420. The Kier molecular flexibility index (Phi) is 5.76. The number of nitrogens with one attached hydrogen (secondary N) is 1. The molecule has 9 heteroatoms. The van der Waals surface area contributed by atoms with Crippen LogP contribution in [0.2, 0.25) is 0 Å². The monoisotopic (exact) mass is 401 g/mol. The molecule has 0 aliphatic carbocycles. The van der Waals surface area contributed by atoms with Crippen LogP contribution in [0.25, 0.3) is 0 Å². The van der Waals surface area contributed by atoms with Crippen molar-refractivity contribution in [1.82, 2.24) is 14.5 Å². The number of aromatic carboxylic acids is 1. The molecule has 1 aromatic heterocycles. The molecule has 0 saturated carbocycles. The predicted molar refractivity (Wildman–Crippen MR) is 101 cm³/mol. The fourth-order valence-corrected chi connectivity index (χ4v) is 3.72. The van der Waals surface area contributed by atoms with Crippen molar-refractivity contribution in [1.29, 1.82) is 0 Å². The number of carbonyl (C=O) groups is 1. The van der Waals surface area contributed by atoms with Crippen LogP contribution >= 0.6 is 0 Å². The van der Waals surface area contributed by atoms with Crippen molar-refractivity contribution in [3.05, 3.63) is 77.6 Å². The summed E-state index contributed by atoms with van der Waals surface area (Å²) >= 11 is 0. The van der Waals surface area contributed by atoms with E-state index in [0.717, 1.165) is 27.8 Å². The van der Waals surface area contributed by atoms with E-state index >= 15 is 0 Å². The van der Waals surface area contributed by atoms with Gasteiger partial charge in [0.2, 0.25) is 10.0 Å². The number of carboxylic acid groups (broad SMARTS) is 1. The lowest BCUT2D eigenvalue weighted by Gasteiger charge is -2.09. The molecule has 0 saturated heterocycles. The van der Waals surface area contributed by atoms with Crippen LogP contribution in [-0.2, 0) is 30.2 Å². The van der Waals surface area contributed by atoms with Crippen molar-refractivity contribution in [2.24, 2.45) is 7.05 Å². The molecule has 0 radical (unpaired) electrons. The summed E-state index contributed by atoms with van der Waals surface area (Å²) in [7, 11) is -2.63. The van der Waals surface area contributed by atoms with E-state index < -0.39 is 16.0 Å². The number of sulfonamides is 1. The van der Waals surface area contributed by atoms with Gasteiger partial charge in [-0.25, -0.2) is 17.9 Å². The van der Waals surface area contributed by atoms with Crippen molar-refractivity contribution in [2.45, 2.75) is 18.0 Å². The van der Waals surface area contributed by atoms with E-state index in [4.69, 9.17) is 4.74 Å². The van der Waals surface area contributed by atoms with Crippen LogP contribution < -0.4 is 9.46 Å². The average Bonchev–Trinajstić information content (AvgIpc) is 3.09. The maximum absolute atomic E-state index is 12.4. The van der Waals surface area contributed by atoms with Crippen molar-refractivity contribution >= 4 is 16.0 Å². The summed E-state index contributed by atoms with van der Waals surface area (Å²) in [6, 6.07) is 16.7. The van der Waals surface area contributed by atoms with Gasteiger partial charge in [-0.1, -0.05) is 42.5 Å². The first-order valence-electron chi connectivity index (χ1n) is 8.37. The zero-order chi connectivity index (χ0) is 20.1. The van der Waals surface area contributed by atoms with Crippen molar-refractivity contribution in [3.63, 3.8) is 0 Å². The Balaban J connectivity index is 1.62. The summed E-state index contributed by atoms with van der Waals surface area (Å²) < 4.78 is 33.9. The molecule has 1 heterocycles. The van der Waals surface area contributed by atoms with E-state index in [2.05, 4.69) is 9.82 Å². The molecule has 0 fully saturated rings. The quantitative estimate of drug-likeness (QED) is 0.599. The number of ether oxygens (including phenoxy) is 1. The molecule has 146 valence electrons. The molecular formula is C19H19N3O5S. The second-order valence-electron chi connectivity index (χ2n) is 6.03. The van der Waals surface area contributed by atoms with E-state index in [1.54, 1.807) is 12.1 Å². The third kappa shape index (κ3) is 4.56. The Hall–Kier alpha value is -3.17. The molecule has 0 aliphatic rings. The van der Waals surface area contributed by atoms with Gasteiger partial charge in [0.05, 0.1) is 6.20 Å². The van der Waals surface area contributed by atoms with E-state index in [0.29, 0.717) is 6.61 Å². The molecule has 2 aromatic carbocycles. The molecule has 8 nitrogen and oxygen atoms in total. The van der Waals surface area contributed by atoms with Gasteiger partial charge in [0.15, 0.2) is 5.69 Å². The number of benzene rings is 2. The molecule has 28 heavy (non-hydrogen) atoms. The maximum Gasteiger partial charge on any atom is 0.355 e. The Morgan fingerprint density at radius 1 is 1.11 bits per heavy atom. The number of rotatable bonds is 8. The molecule has 3 aromatic rings. The molecule has 0 aliphatic heterocycles. The summed E-state index contributed by atoms with van der Waals surface area (Å²) in [5, 5.41) is 12.9. The standard InChI is InChI=1S/C19H19N3O5S/c1-22-18(19(23)24)17(12-20-22)28(25,26)21-11-14-7-9-15(10-8-14)13-27-16-5-3-2-4-6-16/h2-10,12,21H,11,13H2,1H3,(H,23,24). The minimum Gasteiger partial charge on any atom is -0.489 e. The summed E-state index contributed by atoms with van der Waals surface area (Å²) in [5.41, 5.74) is 1.28. The van der Waals surface area contributed by atoms with Crippen LogP contribution in [0.3, 0.4) is 0 Å². The first kappa shape index (κ1) is 19.6. The lowest BCUT2D eigenvalue weighted by Crippen LogP contribution is -2.25. The molecule has 3 rings (SSSR count). The first-order chi connectivity index (χ1) is 13.4. The van der Waals surface area contributed by atoms with Crippen LogP contribution in [0.15, 0.2) is 65.7 Å². The highest BCUT2D eigenvalue weighted by molar-refractivity contribution is 7.89. The zero-order valence-electron chi connectivity index (χ0n) is 15.1. The number of nitrogens with zero attached hydrogens (tertiary/aromatic N) is 2. The number of hydrogen-bond donors (Lipinski definition) is 2. The number of hydrogen-bond acceptors (Lipinski definition) is 5. The first-order valence-corrected chi connectivity index (χ1v) is 9.86. The second kappa shape index (κ2) is 8.24. The van der Waals surface area contributed by atoms with Gasteiger partial charge in [-0.2, -0.15) is 5.10 Å². The van der Waals surface area contributed by atoms with E-state index in [9.17, 15) is 18.3 Å². The fourth-order valence-electron chi connectivity index (χ4n) is 2.55. The third-order valence-electron chi connectivity index (χ3n) is 4.04. The molecule has 0 bridgehead atoms. The van der Waals surface area contributed by atoms with E-state index in [1.165, 1.54) is 7.05 Å². The molecule has 0 spiro atoms. The van der Waals surface area contributed by atoms with Crippen molar-refractivity contribution in [3.8, 4) is 5.75 Å². The molecule has 2 N–H and O–H groups in total. The highest BCUT2D eigenvalue weighted by Crippen LogP contribution is 2.16. The van der Waals surface area contributed by atoms with Crippen LogP contribution in [0.4, 0.5) is 0 Å². The Morgan fingerprint density at radius 2 is 1.75 bits per heavy atom. The van der Waals surface area contributed by atoms with Gasteiger partial charge in [0.25, 0.3) is 0 Å². The summed E-state index contributed by atoms with van der Waals surface area (Å²) in [4.78, 5) is 10.9. The minimum atomic E-state index is -4.01. The fraction of sp³-hybridized carbons (Fsp3) is 0.158. The van der Waals surface area contributed by atoms with Gasteiger partial charge < -0.3 is 9.84 Å². The van der Waals surface area contributed by atoms with Gasteiger partial charge in [-0.05, 0) is 23.3 Å². The van der Waals surface area contributed by atoms with Gasteiger partial charge in [0.1, 0.15) is 17.3 Å². The molecule has 0 atom stereocenters. The zero-order valence-corrected chi connectivity index (χ0v) is 15.9. The van der Waals surface area contributed by atoms with Gasteiger partial charge in [-0.3, -0.25) is 4.68 Å². The highest BCUT2D eigenvalue weighted by Gasteiger charge is 2.26. The van der Waals surface area contributed by atoms with Gasteiger partial charge >= 0.3 is 5.97 Å². The van der Waals surface area contributed by atoms with E-state index in [1.807, 2.05) is 42.5 Å². The average molecular weight is 401 g/mol. The smallest absolute Gasteiger partial charge is 0.355 e. The Bertz CT molecular complexity index is 1060. The molecule has 0 unspecified atom stereocenters. The van der Waals surface area contributed by atoms with E-state index in [-0.39, 0.29) is 17.1 Å². The SMILES string of the molecule is Cn1ncc(S(=O)(=O)NCc2ccc(COc3ccccc3)cc2)c1C(=O)O. The third-order valence-corrected chi connectivity index (χ3v) is 5.44. The summed E-state index contributed by atoms with van der Waals surface area (Å²) in [5.74, 6) is -0.590. The molecule has 0 amide bonds. The predicted octanol–water partition coefficient (Wildman–Crippen LogP) is 2.18. The normalized spacial score (nSPS) is 11.3. The van der Waals surface area contributed by atoms with Crippen LogP contribution in [-0.4, -0.2) is 29.3 Å². The number of aromatic nitrogens is 2. The number of aryl methyl sites for hydroxylation is 1. The van der Waals surface area contributed by atoms with Crippen molar-refractivity contribution < 1.29 is 23.1 Å². The second-order valence-corrected chi connectivity index (χ2v) is 7.76. The van der Waals surface area contributed by atoms with Gasteiger partial charge in [0, 0.05) is 13.6 Å². The van der Waals surface area contributed by atoms with Crippen LogP contribution in [0.5, 0.6) is 5.75 Å². The molecular weight excluding hydrogens is 382 g/mol. The minimum absolute atomic E-state index is 0.0239. The van der Waals surface area contributed by atoms with Crippen LogP contribution in [0, 0.1) is 0 Å². The Morgan fingerprint density at radius 3 is 2.39 bits per heavy atom. The summed E-state index contributed by atoms with van der Waals surface area (Å²) in [6.07, 6.45) is 1.02. The number of para-hydroxylation sites is 1. The Labute approximate surface area is 162 Å². The maximum atomic E-state index is 12.4.